The maximum absolute atomic E-state index is 13.5. The van der Waals surface area contributed by atoms with E-state index >= 15 is 0 Å². The molecule has 1 aromatic rings. The van der Waals surface area contributed by atoms with Gasteiger partial charge in [-0.15, -0.1) is 0 Å². The SMILES string of the molecule is C=CC(=O)N1CC[C@@H](NC(=O)C2=C3NC(=O)N(c4cnc(CC(C)C)cc4C)C4CCNC(S2)C34)C1. The average molecular weight is 511 g/mol. The van der Waals surface area contributed by atoms with E-state index in [2.05, 4.69) is 47.4 Å². The lowest BCUT2D eigenvalue weighted by Crippen LogP contribution is -2.62. The molecule has 3 unspecified atom stereocenters. The second-order valence-electron chi connectivity index (χ2n) is 10.4. The first-order valence-electron chi connectivity index (χ1n) is 12.7. The van der Waals surface area contributed by atoms with Gasteiger partial charge in [0.25, 0.3) is 5.91 Å². The van der Waals surface area contributed by atoms with Gasteiger partial charge in [0.2, 0.25) is 5.91 Å². The Morgan fingerprint density at radius 3 is 2.89 bits per heavy atom. The van der Waals surface area contributed by atoms with Gasteiger partial charge in [-0.1, -0.05) is 32.2 Å². The number of hydrogen-bond donors (Lipinski definition) is 3. The summed E-state index contributed by atoms with van der Waals surface area (Å²) in [6, 6.07) is 1.69. The summed E-state index contributed by atoms with van der Waals surface area (Å²) >= 11 is 1.49. The fourth-order valence-corrected chi connectivity index (χ4v) is 7.15. The van der Waals surface area contributed by atoms with E-state index in [0.717, 1.165) is 36.3 Å². The Morgan fingerprint density at radius 1 is 1.36 bits per heavy atom. The molecule has 0 radical (unpaired) electrons. The molecule has 5 rings (SSSR count). The predicted octanol–water partition coefficient (Wildman–Crippen LogP) is 2.28. The third-order valence-corrected chi connectivity index (χ3v) is 8.73. The van der Waals surface area contributed by atoms with Gasteiger partial charge < -0.3 is 20.9 Å². The Morgan fingerprint density at radius 2 is 2.17 bits per heavy atom. The number of pyridine rings is 1. The zero-order chi connectivity index (χ0) is 25.6. The molecule has 5 heterocycles. The van der Waals surface area contributed by atoms with Gasteiger partial charge in [-0.25, -0.2) is 4.79 Å². The van der Waals surface area contributed by atoms with Crippen molar-refractivity contribution in [3.05, 3.63) is 46.8 Å². The second-order valence-corrected chi connectivity index (χ2v) is 11.6. The van der Waals surface area contributed by atoms with E-state index in [-0.39, 0.29) is 41.2 Å². The van der Waals surface area contributed by atoms with Gasteiger partial charge in [-0.3, -0.25) is 19.5 Å². The highest BCUT2D eigenvalue weighted by molar-refractivity contribution is 8.04. The van der Waals surface area contributed by atoms with E-state index in [1.54, 1.807) is 4.90 Å². The summed E-state index contributed by atoms with van der Waals surface area (Å²) in [5, 5.41) is 9.69. The molecule has 10 heteroatoms. The Balaban J connectivity index is 1.37. The Bertz CT molecular complexity index is 1130. The molecule has 4 aliphatic heterocycles. The minimum absolute atomic E-state index is 0.0125. The first-order valence-corrected chi connectivity index (χ1v) is 13.6. The molecular formula is C26H34N6O3S. The summed E-state index contributed by atoms with van der Waals surface area (Å²) in [6.07, 6.45) is 5.52. The lowest BCUT2D eigenvalue weighted by molar-refractivity contribution is -0.125. The van der Waals surface area contributed by atoms with Gasteiger partial charge in [0.1, 0.15) is 0 Å². The van der Waals surface area contributed by atoms with Crippen molar-refractivity contribution in [3.8, 4) is 0 Å². The van der Waals surface area contributed by atoms with Crippen molar-refractivity contribution in [1.29, 1.82) is 0 Å². The Kier molecular flexibility index (Phi) is 6.82. The molecule has 36 heavy (non-hydrogen) atoms. The van der Waals surface area contributed by atoms with Crippen molar-refractivity contribution in [2.24, 2.45) is 11.8 Å². The number of thioether (sulfide) groups is 1. The molecule has 3 fully saturated rings. The number of nitrogens with one attached hydrogen (secondary N) is 3. The number of piperidine rings is 1. The van der Waals surface area contributed by atoms with E-state index in [1.807, 2.05) is 18.0 Å². The summed E-state index contributed by atoms with van der Waals surface area (Å²) in [7, 11) is 0. The van der Waals surface area contributed by atoms with E-state index < -0.39 is 0 Å². The summed E-state index contributed by atoms with van der Waals surface area (Å²) in [6.45, 7) is 11.7. The zero-order valence-electron chi connectivity index (χ0n) is 21.0. The molecule has 192 valence electrons. The van der Waals surface area contributed by atoms with Crippen LogP contribution in [0.5, 0.6) is 0 Å². The minimum atomic E-state index is -0.218. The van der Waals surface area contributed by atoms with Crippen molar-refractivity contribution in [2.45, 2.75) is 57.5 Å². The fraction of sp³-hybridized carbons (Fsp3) is 0.538. The fourth-order valence-electron chi connectivity index (χ4n) is 5.75. The molecule has 0 bridgehead atoms. The molecule has 0 spiro atoms. The number of aryl methyl sites for hydroxylation is 1. The maximum atomic E-state index is 13.5. The standard InChI is InChI=1S/C26H34N6O3S/c1-5-20(33)31-9-7-16(13-31)29-24(34)23-22-21-18(6-8-27-25(21)36-23)32(26(35)30-22)19-12-28-17(10-14(2)3)11-15(19)4/h5,11-12,14,16,18,21,25,27H,1,6-10,13H2,2-4H3,(H,29,34)(H,30,35)/t16-,18?,21?,25?/m1/s1. The van der Waals surface area contributed by atoms with Crippen LogP contribution in [-0.4, -0.2) is 64.8 Å². The number of carbonyl (C=O) groups is 3. The van der Waals surface area contributed by atoms with E-state index in [9.17, 15) is 14.4 Å². The number of urea groups is 1. The number of aromatic nitrogens is 1. The largest absolute Gasteiger partial charge is 0.347 e. The van der Waals surface area contributed by atoms with Crippen LogP contribution in [0.15, 0.2) is 35.5 Å². The van der Waals surface area contributed by atoms with Crippen LogP contribution in [0.1, 0.15) is 37.9 Å². The Hall–Kier alpha value is -2.85. The van der Waals surface area contributed by atoms with Gasteiger partial charge in [-0.05, 0) is 56.4 Å². The van der Waals surface area contributed by atoms with Crippen molar-refractivity contribution in [3.63, 3.8) is 0 Å². The third-order valence-electron chi connectivity index (χ3n) is 7.37. The van der Waals surface area contributed by atoms with E-state index in [4.69, 9.17) is 0 Å². The number of rotatable bonds is 6. The van der Waals surface area contributed by atoms with Gasteiger partial charge in [0, 0.05) is 36.4 Å². The maximum Gasteiger partial charge on any atom is 0.326 e. The number of anilines is 1. The quantitative estimate of drug-likeness (QED) is 0.507. The van der Waals surface area contributed by atoms with Crippen molar-refractivity contribution >= 4 is 35.3 Å². The number of nitrogens with zero attached hydrogens (tertiary/aromatic N) is 3. The summed E-state index contributed by atoms with van der Waals surface area (Å²) in [4.78, 5) is 47.4. The summed E-state index contributed by atoms with van der Waals surface area (Å²) in [5.74, 6) is 0.185. The van der Waals surface area contributed by atoms with Gasteiger partial charge in [0.15, 0.2) is 0 Å². The van der Waals surface area contributed by atoms with Crippen LogP contribution < -0.4 is 20.9 Å². The first-order chi connectivity index (χ1) is 17.3. The first kappa shape index (κ1) is 24.8. The van der Waals surface area contributed by atoms with E-state index in [0.29, 0.717) is 36.0 Å². The molecular weight excluding hydrogens is 476 g/mol. The number of carbonyl (C=O) groups excluding carboxylic acids is 3. The molecule has 4 aliphatic rings. The third kappa shape index (κ3) is 4.52. The minimum Gasteiger partial charge on any atom is -0.347 e. The lowest BCUT2D eigenvalue weighted by atomic mass is 9.86. The predicted molar refractivity (Wildman–Crippen MR) is 140 cm³/mol. The van der Waals surface area contributed by atoms with Gasteiger partial charge >= 0.3 is 6.03 Å². The van der Waals surface area contributed by atoms with Crippen LogP contribution in [-0.2, 0) is 16.0 Å². The molecule has 0 aliphatic carbocycles. The summed E-state index contributed by atoms with van der Waals surface area (Å²) < 4.78 is 0. The topological polar surface area (TPSA) is 107 Å². The molecule has 0 saturated carbocycles. The van der Waals surface area contributed by atoms with Gasteiger partial charge in [-0.2, -0.15) is 0 Å². The van der Waals surface area contributed by atoms with Gasteiger partial charge in [0.05, 0.1) is 28.2 Å². The van der Waals surface area contributed by atoms with Crippen LogP contribution in [0.2, 0.25) is 0 Å². The van der Waals surface area contributed by atoms with Crippen molar-refractivity contribution < 1.29 is 14.4 Å². The molecule has 0 aromatic carbocycles. The number of amides is 4. The lowest BCUT2D eigenvalue weighted by Gasteiger charge is -2.46. The van der Waals surface area contributed by atoms with Crippen LogP contribution in [0.4, 0.5) is 10.5 Å². The number of likely N-dealkylation sites (tertiary alicyclic amines) is 1. The zero-order valence-corrected chi connectivity index (χ0v) is 21.9. The highest BCUT2D eigenvalue weighted by Gasteiger charge is 2.52. The molecule has 3 saturated heterocycles. The van der Waals surface area contributed by atoms with Crippen LogP contribution in [0, 0.1) is 18.8 Å². The van der Waals surface area contributed by atoms with Crippen LogP contribution in [0.25, 0.3) is 0 Å². The molecule has 9 nitrogen and oxygen atoms in total. The molecule has 4 amide bonds. The van der Waals surface area contributed by atoms with E-state index in [1.165, 1.54) is 17.8 Å². The normalized spacial score (nSPS) is 27.3. The number of hydrogen-bond acceptors (Lipinski definition) is 6. The Labute approximate surface area is 216 Å². The monoisotopic (exact) mass is 510 g/mol. The summed E-state index contributed by atoms with van der Waals surface area (Å²) in [5.41, 5.74) is 3.59. The van der Waals surface area contributed by atoms with Crippen molar-refractivity contribution in [2.75, 3.05) is 24.5 Å². The van der Waals surface area contributed by atoms with Crippen LogP contribution in [0.3, 0.4) is 0 Å². The molecule has 3 N–H and O–H groups in total. The second kappa shape index (κ2) is 9.89. The molecule has 1 aromatic heterocycles. The highest BCUT2D eigenvalue weighted by Crippen LogP contribution is 2.48. The smallest absolute Gasteiger partial charge is 0.326 e. The average Bonchev–Trinajstić information content (AvgIpc) is 3.45. The van der Waals surface area contributed by atoms with Crippen molar-refractivity contribution in [1.82, 2.24) is 25.8 Å². The highest BCUT2D eigenvalue weighted by atomic mass is 32.2. The van der Waals surface area contributed by atoms with Crippen LogP contribution >= 0.6 is 11.8 Å². The molecule has 4 atom stereocenters.